The SMILES string of the molecule is CC1=C(c2ccccn2)[C@H]2[C@H](C)[C@H]2C(c2ccccn2)=CC1. The van der Waals surface area contributed by atoms with E-state index in [-0.39, 0.29) is 0 Å². The van der Waals surface area contributed by atoms with E-state index >= 15 is 0 Å². The van der Waals surface area contributed by atoms with Gasteiger partial charge in [-0.2, -0.15) is 0 Å². The minimum Gasteiger partial charge on any atom is -0.257 e. The van der Waals surface area contributed by atoms with Crippen LogP contribution in [0.25, 0.3) is 11.1 Å². The zero-order chi connectivity index (χ0) is 15.1. The fraction of sp³-hybridized carbons (Fsp3) is 0.300. The number of hydrogen-bond acceptors (Lipinski definition) is 2. The molecule has 22 heavy (non-hydrogen) atoms. The molecule has 1 fully saturated rings. The van der Waals surface area contributed by atoms with Crippen LogP contribution in [-0.2, 0) is 0 Å². The molecule has 110 valence electrons. The molecule has 1 saturated carbocycles. The monoisotopic (exact) mass is 288 g/mol. The average Bonchev–Trinajstić information content (AvgIpc) is 3.24. The van der Waals surface area contributed by atoms with Crippen molar-refractivity contribution in [3.05, 3.63) is 71.8 Å². The van der Waals surface area contributed by atoms with Crippen molar-refractivity contribution in [3.63, 3.8) is 0 Å². The van der Waals surface area contributed by atoms with Crippen molar-refractivity contribution in [3.8, 4) is 0 Å². The molecule has 2 heteroatoms. The predicted octanol–water partition coefficient (Wildman–Crippen LogP) is 4.62. The Morgan fingerprint density at radius 1 is 0.909 bits per heavy atom. The highest BCUT2D eigenvalue weighted by atomic mass is 14.7. The molecule has 2 nitrogen and oxygen atoms in total. The molecule has 0 amide bonds. The summed E-state index contributed by atoms with van der Waals surface area (Å²) < 4.78 is 0. The molecule has 2 aliphatic rings. The topological polar surface area (TPSA) is 25.8 Å². The number of rotatable bonds is 2. The highest BCUT2D eigenvalue weighted by molar-refractivity contribution is 5.80. The van der Waals surface area contributed by atoms with Crippen molar-refractivity contribution in [2.24, 2.45) is 17.8 Å². The molecular weight excluding hydrogens is 268 g/mol. The van der Waals surface area contributed by atoms with Gasteiger partial charge in [0.2, 0.25) is 0 Å². The van der Waals surface area contributed by atoms with Crippen molar-refractivity contribution in [1.82, 2.24) is 9.97 Å². The molecule has 0 aromatic carbocycles. The maximum atomic E-state index is 4.61. The molecular formula is C20H20N2. The minimum atomic E-state index is 0.587. The number of fused-ring (bicyclic) bond motifs is 1. The minimum absolute atomic E-state index is 0.587. The van der Waals surface area contributed by atoms with Crippen LogP contribution in [0.1, 0.15) is 31.7 Å². The highest BCUT2D eigenvalue weighted by Gasteiger charge is 2.52. The van der Waals surface area contributed by atoms with Gasteiger partial charge >= 0.3 is 0 Å². The Morgan fingerprint density at radius 2 is 1.59 bits per heavy atom. The second-order valence-corrected chi connectivity index (χ2v) is 6.40. The Morgan fingerprint density at radius 3 is 2.23 bits per heavy atom. The second kappa shape index (κ2) is 5.20. The summed E-state index contributed by atoms with van der Waals surface area (Å²) in [6.45, 7) is 4.61. The van der Waals surface area contributed by atoms with E-state index < -0.39 is 0 Å². The number of nitrogens with zero attached hydrogens (tertiary/aromatic N) is 2. The van der Waals surface area contributed by atoms with Crippen LogP contribution in [0.5, 0.6) is 0 Å². The normalized spacial score (nSPS) is 27.0. The standard InChI is InChI=1S/C20H20N2/c1-13-9-10-15(16-7-3-5-11-21-16)19-14(2)20(19)18(13)17-8-4-6-12-22-17/h3-8,10-12,14,19-20H,9H2,1-2H3/t14-,19+,20-/m1/s1. The van der Waals surface area contributed by atoms with E-state index in [1.54, 1.807) is 0 Å². The van der Waals surface area contributed by atoms with Crippen LogP contribution in [0.4, 0.5) is 0 Å². The number of allylic oxidation sites excluding steroid dienone is 4. The van der Waals surface area contributed by atoms with E-state index in [0.717, 1.165) is 17.8 Å². The van der Waals surface area contributed by atoms with Crippen LogP contribution < -0.4 is 0 Å². The lowest BCUT2D eigenvalue weighted by Gasteiger charge is -2.09. The molecule has 2 heterocycles. The fourth-order valence-corrected chi connectivity index (χ4v) is 3.90. The Bertz CT molecular complexity index is 744. The summed E-state index contributed by atoms with van der Waals surface area (Å²) in [5.41, 5.74) is 6.61. The molecule has 2 aliphatic carbocycles. The van der Waals surface area contributed by atoms with Gasteiger partial charge in [-0.25, -0.2) is 0 Å². The van der Waals surface area contributed by atoms with Crippen LogP contribution in [0.3, 0.4) is 0 Å². The first-order chi connectivity index (χ1) is 10.8. The zero-order valence-corrected chi connectivity index (χ0v) is 13.0. The third kappa shape index (κ3) is 2.10. The number of pyridine rings is 2. The summed E-state index contributed by atoms with van der Waals surface area (Å²) in [5, 5.41) is 0. The quantitative estimate of drug-likeness (QED) is 0.806. The van der Waals surface area contributed by atoms with E-state index in [4.69, 9.17) is 0 Å². The van der Waals surface area contributed by atoms with Gasteiger partial charge in [-0.15, -0.1) is 0 Å². The van der Waals surface area contributed by atoms with Crippen molar-refractivity contribution < 1.29 is 0 Å². The van der Waals surface area contributed by atoms with E-state index in [2.05, 4.69) is 54.2 Å². The molecule has 0 N–H and O–H groups in total. The first-order valence-electron chi connectivity index (χ1n) is 8.00. The smallest absolute Gasteiger partial charge is 0.0664 e. The molecule has 0 bridgehead atoms. The van der Waals surface area contributed by atoms with Crippen molar-refractivity contribution in [1.29, 1.82) is 0 Å². The highest BCUT2D eigenvalue weighted by Crippen LogP contribution is 2.61. The van der Waals surface area contributed by atoms with Gasteiger partial charge in [-0.3, -0.25) is 9.97 Å². The molecule has 0 radical (unpaired) electrons. The maximum absolute atomic E-state index is 4.61. The van der Waals surface area contributed by atoms with Crippen LogP contribution in [0, 0.1) is 17.8 Å². The van der Waals surface area contributed by atoms with Gasteiger partial charge in [-0.1, -0.05) is 30.7 Å². The molecule has 0 unspecified atom stereocenters. The first-order valence-corrected chi connectivity index (χ1v) is 8.00. The first kappa shape index (κ1) is 13.4. The molecule has 0 aliphatic heterocycles. The van der Waals surface area contributed by atoms with Gasteiger partial charge in [0.1, 0.15) is 0 Å². The number of hydrogen-bond donors (Lipinski definition) is 0. The summed E-state index contributed by atoms with van der Waals surface area (Å²) in [6, 6.07) is 12.4. The third-order valence-electron chi connectivity index (χ3n) is 5.06. The Balaban J connectivity index is 1.74. The van der Waals surface area contributed by atoms with Crippen molar-refractivity contribution in [2.45, 2.75) is 20.3 Å². The van der Waals surface area contributed by atoms with Gasteiger partial charge in [0.05, 0.1) is 11.4 Å². The lowest BCUT2D eigenvalue weighted by atomic mass is 9.98. The average molecular weight is 288 g/mol. The van der Waals surface area contributed by atoms with Crippen molar-refractivity contribution >= 4 is 11.1 Å². The van der Waals surface area contributed by atoms with Gasteiger partial charge in [0.25, 0.3) is 0 Å². The van der Waals surface area contributed by atoms with Gasteiger partial charge in [-0.05, 0) is 66.5 Å². The Hall–Kier alpha value is -2.22. The lowest BCUT2D eigenvalue weighted by molar-refractivity contribution is 0.879. The summed E-state index contributed by atoms with van der Waals surface area (Å²) >= 11 is 0. The second-order valence-electron chi connectivity index (χ2n) is 6.40. The Labute approximate surface area is 131 Å². The maximum Gasteiger partial charge on any atom is 0.0664 e. The van der Waals surface area contributed by atoms with E-state index in [1.165, 1.54) is 16.7 Å². The van der Waals surface area contributed by atoms with Crippen LogP contribution in [0.2, 0.25) is 0 Å². The van der Waals surface area contributed by atoms with E-state index in [9.17, 15) is 0 Å². The predicted molar refractivity (Wildman–Crippen MR) is 89.8 cm³/mol. The summed E-state index contributed by atoms with van der Waals surface area (Å²) in [4.78, 5) is 9.18. The molecule has 2 aromatic heterocycles. The lowest BCUT2D eigenvalue weighted by Crippen LogP contribution is -1.96. The molecule has 4 rings (SSSR count). The number of aromatic nitrogens is 2. The van der Waals surface area contributed by atoms with Crippen LogP contribution in [-0.4, -0.2) is 9.97 Å². The van der Waals surface area contributed by atoms with Crippen LogP contribution in [0.15, 0.2) is 60.4 Å². The largest absolute Gasteiger partial charge is 0.257 e. The van der Waals surface area contributed by atoms with Crippen molar-refractivity contribution in [2.75, 3.05) is 0 Å². The summed E-state index contributed by atoms with van der Waals surface area (Å²) in [5.74, 6) is 1.84. The summed E-state index contributed by atoms with van der Waals surface area (Å²) in [7, 11) is 0. The summed E-state index contributed by atoms with van der Waals surface area (Å²) in [6.07, 6.45) is 7.17. The Kier molecular flexibility index (Phi) is 3.18. The molecule has 0 saturated heterocycles. The van der Waals surface area contributed by atoms with E-state index in [1.807, 2.05) is 24.5 Å². The molecule has 3 atom stereocenters. The zero-order valence-electron chi connectivity index (χ0n) is 13.0. The van der Waals surface area contributed by atoms with Gasteiger partial charge in [0, 0.05) is 12.4 Å². The van der Waals surface area contributed by atoms with Crippen LogP contribution >= 0.6 is 0 Å². The van der Waals surface area contributed by atoms with Gasteiger partial charge < -0.3 is 0 Å². The molecule has 0 spiro atoms. The fourth-order valence-electron chi connectivity index (χ4n) is 3.90. The molecule has 2 aromatic rings. The third-order valence-corrected chi connectivity index (χ3v) is 5.06. The van der Waals surface area contributed by atoms with E-state index in [0.29, 0.717) is 17.8 Å². The van der Waals surface area contributed by atoms with Gasteiger partial charge in [0.15, 0.2) is 0 Å².